The Balaban J connectivity index is 2.50. The van der Waals surface area contributed by atoms with Crippen LogP contribution < -0.4 is 5.32 Å². The molecule has 0 aromatic rings. The van der Waals surface area contributed by atoms with Crippen LogP contribution in [0.4, 0.5) is 4.79 Å². The number of alkyl carbamates (subject to hydrolysis) is 1. The zero-order valence-electron chi connectivity index (χ0n) is 11.5. The molecular weight excluding hydrogens is 238 g/mol. The van der Waals surface area contributed by atoms with Crippen LogP contribution in [0, 0.1) is 0 Å². The largest absolute Gasteiger partial charge is 0.467 e. The standard InChI is InChI=1S/C12H21NO5/c1-7-9(17-7)6-8(10(14)16-5)13-11(15)18-12(2,3)4/h7-9H,6H2,1-5H3,(H,13,15)/t7-,8+,9+/m1/s1. The molecule has 0 bridgehead atoms. The summed E-state index contributed by atoms with van der Waals surface area (Å²) in [7, 11) is 1.28. The zero-order valence-corrected chi connectivity index (χ0v) is 11.5. The molecule has 0 radical (unpaired) electrons. The minimum atomic E-state index is -0.736. The van der Waals surface area contributed by atoms with Gasteiger partial charge in [-0.1, -0.05) is 0 Å². The molecule has 6 heteroatoms. The highest BCUT2D eigenvalue weighted by molar-refractivity contribution is 5.81. The third-order valence-corrected chi connectivity index (χ3v) is 2.48. The Hall–Kier alpha value is -1.30. The summed E-state index contributed by atoms with van der Waals surface area (Å²) in [5, 5.41) is 2.50. The van der Waals surface area contributed by atoms with Crippen molar-refractivity contribution in [1.82, 2.24) is 5.32 Å². The number of carbonyl (C=O) groups is 2. The molecule has 0 aromatic carbocycles. The molecule has 6 nitrogen and oxygen atoms in total. The van der Waals surface area contributed by atoms with Gasteiger partial charge in [-0.15, -0.1) is 0 Å². The third-order valence-electron chi connectivity index (χ3n) is 2.48. The maximum Gasteiger partial charge on any atom is 0.408 e. The number of hydrogen-bond donors (Lipinski definition) is 1. The molecule has 0 aliphatic carbocycles. The molecule has 1 rings (SSSR count). The number of nitrogens with one attached hydrogen (secondary N) is 1. The number of epoxide rings is 1. The number of carbonyl (C=O) groups excluding carboxylic acids is 2. The van der Waals surface area contributed by atoms with Crippen LogP contribution in [-0.2, 0) is 19.0 Å². The summed E-state index contributed by atoms with van der Waals surface area (Å²) in [6.07, 6.45) is -0.125. The van der Waals surface area contributed by atoms with E-state index in [9.17, 15) is 9.59 Å². The predicted molar refractivity (Wildman–Crippen MR) is 64.1 cm³/mol. The molecule has 104 valence electrons. The van der Waals surface area contributed by atoms with Crippen molar-refractivity contribution in [2.24, 2.45) is 0 Å². The normalized spacial score (nSPS) is 24.1. The first-order valence-corrected chi connectivity index (χ1v) is 5.95. The monoisotopic (exact) mass is 259 g/mol. The van der Waals surface area contributed by atoms with E-state index in [0.29, 0.717) is 6.42 Å². The second-order valence-corrected chi connectivity index (χ2v) is 5.34. The average molecular weight is 259 g/mol. The molecule has 1 heterocycles. The van der Waals surface area contributed by atoms with Gasteiger partial charge >= 0.3 is 12.1 Å². The van der Waals surface area contributed by atoms with Crippen LogP contribution in [-0.4, -0.2) is 43.0 Å². The molecule has 0 unspecified atom stereocenters. The molecule has 0 aromatic heterocycles. The van der Waals surface area contributed by atoms with Gasteiger partial charge in [-0.05, 0) is 27.7 Å². The number of rotatable bonds is 4. The SMILES string of the molecule is COC(=O)[C@H](C[C@@H]1O[C@@H]1C)NC(=O)OC(C)(C)C. The lowest BCUT2D eigenvalue weighted by molar-refractivity contribution is -0.143. The number of ether oxygens (including phenoxy) is 3. The molecule has 1 N–H and O–H groups in total. The van der Waals surface area contributed by atoms with Gasteiger partial charge < -0.3 is 19.5 Å². The Morgan fingerprint density at radius 2 is 1.94 bits per heavy atom. The van der Waals surface area contributed by atoms with E-state index in [-0.39, 0.29) is 12.2 Å². The van der Waals surface area contributed by atoms with E-state index in [4.69, 9.17) is 9.47 Å². The van der Waals surface area contributed by atoms with Crippen molar-refractivity contribution in [3.8, 4) is 0 Å². The number of esters is 1. The number of methoxy groups -OCH3 is 1. The fraction of sp³-hybridized carbons (Fsp3) is 0.833. The van der Waals surface area contributed by atoms with Crippen molar-refractivity contribution in [3.63, 3.8) is 0 Å². The molecular formula is C12H21NO5. The summed E-state index contributed by atoms with van der Waals surface area (Å²) < 4.78 is 15.0. The molecule has 1 aliphatic rings. The molecule has 1 amide bonds. The molecule has 0 spiro atoms. The number of amides is 1. The van der Waals surface area contributed by atoms with Gasteiger partial charge in [-0.2, -0.15) is 0 Å². The summed E-state index contributed by atoms with van der Waals surface area (Å²) in [5.74, 6) is -0.497. The molecule has 18 heavy (non-hydrogen) atoms. The second-order valence-electron chi connectivity index (χ2n) is 5.34. The molecule has 1 fully saturated rings. The van der Waals surface area contributed by atoms with Crippen molar-refractivity contribution in [3.05, 3.63) is 0 Å². The van der Waals surface area contributed by atoms with E-state index < -0.39 is 23.7 Å². The zero-order chi connectivity index (χ0) is 13.9. The van der Waals surface area contributed by atoms with Crippen LogP contribution in [0.2, 0.25) is 0 Å². The first kappa shape index (κ1) is 14.8. The fourth-order valence-electron chi connectivity index (χ4n) is 1.52. The maximum atomic E-state index is 11.6. The van der Waals surface area contributed by atoms with Crippen LogP contribution in [0.3, 0.4) is 0 Å². The summed E-state index contributed by atoms with van der Waals surface area (Å²) in [4.78, 5) is 23.1. The minimum absolute atomic E-state index is 0.0102. The van der Waals surface area contributed by atoms with E-state index in [1.807, 2.05) is 6.92 Å². The van der Waals surface area contributed by atoms with E-state index in [1.54, 1.807) is 20.8 Å². The van der Waals surface area contributed by atoms with Crippen LogP contribution in [0.15, 0.2) is 0 Å². The highest BCUT2D eigenvalue weighted by atomic mass is 16.6. The van der Waals surface area contributed by atoms with Gasteiger partial charge in [0.25, 0.3) is 0 Å². The van der Waals surface area contributed by atoms with E-state index >= 15 is 0 Å². The van der Waals surface area contributed by atoms with Gasteiger partial charge in [0.05, 0.1) is 19.3 Å². The van der Waals surface area contributed by atoms with E-state index in [1.165, 1.54) is 7.11 Å². The maximum absolute atomic E-state index is 11.6. The van der Waals surface area contributed by atoms with Crippen molar-refractivity contribution in [2.75, 3.05) is 7.11 Å². The quantitative estimate of drug-likeness (QED) is 0.607. The predicted octanol–water partition coefficient (Wildman–Crippen LogP) is 1.23. The molecule has 3 atom stereocenters. The van der Waals surface area contributed by atoms with Gasteiger partial charge in [-0.25, -0.2) is 9.59 Å². The van der Waals surface area contributed by atoms with Gasteiger partial charge in [0.15, 0.2) is 0 Å². The van der Waals surface area contributed by atoms with Crippen LogP contribution in [0.25, 0.3) is 0 Å². The van der Waals surface area contributed by atoms with Crippen molar-refractivity contribution >= 4 is 12.1 Å². The fourth-order valence-corrected chi connectivity index (χ4v) is 1.52. The molecule has 1 saturated heterocycles. The third kappa shape index (κ3) is 4.91. The van der Waals surface area contributed by atoms with Crippen LogP contribution in [0.5, 0.6) is 0 Å². The topological polar surface area (TPSA) is 77.2 Å². The van der Waals surface area contributed by atoms with Crippen LogP contribution in [0.1, 0.15) is 34.1 Å². The Morgan fingerprint density at radius 3 is 2.33 bits per heavy atom. The van der Waals surface area contributed by atoms with Gasteiger partial charge in [0, 0.05) is 6.42 Å². The van der Waals surface area contributed by atoms with Crippen molar-refractivity contribution in [2.45, 2.75) is 58.0 Å². The smallest absolute Gasteiger partial charge is 0.408 e. The van der Waals surface area contributed by atoms with Gasteiger partial charge in [-0.3, -0.25) is 0 Å². The Morgan fingerprint density at radius 1 is 1.39 bits per heavy atom. The lowest BCUT2D eigenvalue weighted by atomic mass is 10.1. The lowest BCUT2D eigenvalue weighted by Gasteiger charge is -2.22. The Kier molecular flexibility index (Phi) is 4.56. The summed E-state index contributed by atoms with van der Waals surface area (Å²) in [6, 6.07) is -0.736. The second kappa shape index (κ2) is 5.56. The Labute approximate surface area is 107 Å². The van der Waals surface area contributed by atoms with E-state index in [0.717, 1.165) is 0 Å². The van der Waals surface area contributed by atoms with Gasteiger partial charge in [0.2, 0.25) is 0 Å². The summed E-state index contributed by atoms with van der Waals surface area (Å²) in [6.45, 7) is 7.18. The first-order chi connectivity index (χ1) is 8.23. The first-order valence-electron chi connectivity index (χ1n) is 5.95. The number of hydrogen-bond acceptors (Lipinski definition) is 5. The lowest BCUT2D eigenvalue weighted by Crippen LogP contribution is -2.44. The summed E-state index contributed by atoms with van der Waals surface area (Å²) >= 11 is 0. The van der Waals surface area contributed by atoms with Crippen molar-refractivity contribution < 1.29 is 23.8 Å². The molecule has 0 saturated carbocycles. The Bertz CT molecular complexity index is 323. The average Bonchev–Trinajstić information content (AvgIpc) is 2.89. The highest BCUT2D eigenvalue weighted by Gasteiger charge is 2.39. The highest BCUT2D eigenvalue weighted by Crippen LogP contribution is 2.26. The van der Waals surface area contributed by atoms with Gasteiger partial charge in [0.1, 0.15) is 11.6 Å². The van der Waals surface area contributed by atoms with Crippen LogP contribution >= 0.6 is 0 Å². The summed E-state index contributed by atoms with van der Waals surface area (Å²) in [5.41, 5.74) is -0.603. The van der Waals surface area contributed by atoms with Crippen molar-refractivity contribution in [1.29, 1.82) is 0 Å². The van der Waals surface area contributed by atoms with E-state index in [2.05, 4.69) is 10.1 Å². The molecule has 1 aliphatic heterocycles. The minimum Gasteiger partial charge on any atom is -0.467 e.